The van der Waals surface area contributed by atoms with E-state index in [9.17, 15) is 14.7 Å². The van der Waals surface area contributed by atoms with E-state index >= 15 is 0 Å². The monoisotopic (exact) mass is 357 g/mol. The van der Waals surface area contributed by atoms with Crippen LogP contribution in [0, 0.1) is 11.8 Å². The van der Waals surface area contributed by atoms with Crippen molar-refractivity contribution in [2.75, 3.05) is 11.9 Å². The van der Waals surface area contributed by atoms with Crippen LogP contribution in [0.1, 0.15) is 54.3 Å². The molecule has 2 saturated heterocycles. The SMILES string of the molecule is NC(=O)CN1C(=O)c2ccc(NC34CC5CC(CC(C5)O3)C4)cc2C1O. The lowest BCUT2D eigenvalue weighted by atomic mass is 9.65. The predicted octanol–water partition coefficient (Wildman–Crippen LogP) is 1.34. The maximum atomic E-state index is 12.4. The highest BCUT2D eigenvalue weighted by Gasteiger charge is 2.52. The Labute approximate surface area is 151 Å². The molecule has 3 atom stereocenters. The second kappa shape index (κ2) is 5.44. The van der Waals surface area contributed by atoms with Crippen molar-refractivity contribution >= 4 is 17.5 Å². The molecule has 7 heteroatoms. The van der Waals surface area contributed by atoms with Gasteiger partial charge in [-0.3, -0.25) is 14.5 Å². The van der Waals surface area contributed by atoms with Gasteiger partial charge in [0.2, 0.25) is 5.91 Å². The lowest BCUT2D eigenvalue weighted by molar-refractivity contribution is -0.205. The Morgan fingerprint density at radius 3 is 2.69 bits per heavy atom. The van der Waals surface area contributed by atoms with E-state index in [4.69, 9.17) is 10.5 Å². The molecular formula is C19H23N3O4. The predicted molar refractivity (Wildman–Crippen MR) is 92.9 cm³/mol. The second-order valence-electron chi connectivity index (χ2n) is 8.28. The molecule has 4 bridgehead atoms. The average Bonchev–Trinajstić information content (AvgIpc) is 2.77. The second-order valence-corrected chi connectivity index (χ2v) is 8.28. The zero-order valence-corrected chi connectivity index (χ0v) is 14.5. The molecule has 1 aromatic carbocycles. The third-order valence-electron chi connectivity index (χ3n) is 6.30. The summed E-state index contributed by atoms with van der Waals surface area (Å²) in [5.41, 5.74) is 6.60. The number of benzene rings is 1. The van der Waals surface area contributed by atoms with Crippen LogP contribution in [-0.2, 0) is 9.53 Å². The van der Waals surface area contributed by atoms with E-state index in [0.717, 1.165) is 35.3 Å². The fourth-order valence-electron chi connectivity index (χ4n) is 5.57. The quantitative estimate of drug-likeness (QED) is 0.754. The molecule has 3 aliphatic heterocycles. The van der Waals surface area contributed by atoms with Crippen molar-refractivity contribution in [3.63, 3.8) is 0 Å². The zero-order valence-electron chi connectivity index (χ0n) is 14.5. The van der Waals surface area contributed by atoms with E-state index in [0.29, 0.717) is 17.2 Å². The van der Waals surface area contributed by atoms with Gasteiger partial charge in [0, 0.05) is 16.8 Å². The third-order valence-corrected chi connectivity index (χ3v) is 6.30. The number of nitrogens with two attached hydrogens (primary N) is 1. The van der Waals surface area contributed by atoms with E-state index in [1.165, 1.54) is 19.3 Å². The van der Waals surface area contributed by atoms with Crippen LogP contribution in [0.3, 0.4) is 0 Å². The van der Waals surface area contributed by atoms with Crippen LogP contribution in [0.15, 0.2) is 18.2 Å². The molecule has 3 heterocycles. The highest BCUT2D eigenvalue weighted by atomic mass is 16.5. The summed E-state index contributed by atoms with van der Waals surface area (Å²) in [6, 6.07) is 5.34. The molecule has 2 amide bonds. The summed E-state index contributed by atoms with van der Waals surface area (Å²) in [6.07, 6.45) is 4.85. The standard InChI is InChI=1S/C19H23N3O4/c20-16(23)9-22-17(24)14-2-1-12(6-15(14)18(22)25)21-19-7-10-3-11(8-19)5-13(4-10)26-19/h1-2,6,10-11,13,18,21,25H,3-5,7-9H2,(H2,20,23). The molecule has 138 valence electrons. The summed E-state index contributed by atoms with van der Waals surface area (Å²) in [5, 5.41) is 14.0. The van der Waals surface area contributed by atoms with Gasteiger partial charge in [-0.05, 0) is 62.1 Å². The van der Waals surface area contributed by atoms with E-state index < -0.39 is 12.1 Å². The molecule has 2 saturated carbocycles. The van der Waals surface area contributed by atoms with Crippen molar-refractivity contribution < 1.29 is 19.4 Å². The van der Waals surface area contributed by atoms with Gasteiger partial charge in [-0.1, -0.05) is 0 Å². The molecule has 26 heavy (non-hydrogen) atoms. The number of aliphatic hydroxyl groups is 1. The van der Waals surface area contributed by atoms with Gasteiger partial charge in [-0.2, -0.15) is 0 Å². The lowest BCUT2D eigenvalue weighted by Crippen LogP contribution is -2.58. The minimum Gasteiger partial charge on any atom is -0.369 e. The number of aliphatic hydroxyl groups excluding tert-OH is 1. The summed E-state index contributed by atoms with van der Waals surface area (Å²) in [5.74, 6) is 0.428. The highest BCUT2D eigenvalue weighted by molar-refractivity contribution is 6.01. The Kier molecular flexibility index (Phi) is 3.36. The molecule has 6 rings (SSSR count). The summed E-state index contributed by atoms with van der Waals surface area (Å²) in [6.45, 7) is -0.296. The van der Waals surface area contributed by atoms with Crippen LogP contribution >= 0.6 is 0 Å². The molecule has 7 nitrogen and oxygen atoms in total. The van der Waals surface area contributed by atoms with Crippen LogP contribution in [0.4, 0.5) is 5.69 Å². The van der Waals surface area contributed by atoms with Crippen LogP contribution < -0.4 is 11.1 Å². The summed E-state index contributed by atoms with van der Waals surface area (Å²) in [4.78, 5) is 24.6. The number of carbonyl (C=O) groups excluding carboxylic acids is 2. The molecule has 0 spiro atoms. The van der Waals surface area contributed by atoms with Gasteiger partial charge < -0.3 is 20.9 Å². The Bertz CT molecular complexity index is 758. The van der Waals surface area contributed by atoms with Gasteiger partial charge in [-0.25, -0.2) is 0 Å². The Hall–Kier alpha value is -2.12. The van der Waals surface area contributed by atoms with E-state index in [1.807, 2.05) is 6.07 Å². The fraction of sp³-hybridized carbons (Fsp3) is 0.579. The van der Waals surface area contributed by atoms with Crippen LogP contribution in [0.25, 0.3) is 0 Å². The summed E-state index contributed by atoms with van der Waals surface area (Å²) >= 11 is 0. The van der Waals surface area contributed by atoms with Gasteiger partial charge in [0.1, 0.15) is 12.3 Å². The smallest absolute Gasteiger partial charge is 0.257 e. The van der Waals surface area contributed by atoms with Crippen LogP contribution in [0.2, 0.25) is 0 Å². The first-order valence-corrected chi connectivity index (χ1v) is 9.30. The van der Waals surface area contributed by atoms with Crippen LogP contribution in [-0.4, -0.2) is 40.2 Å². The molecular weight excluding hydrogens is 334 g/mol. The number of rotatable bonds is 4. The number of primary amides is 1. The van der Waals surface area contributed by atoms with Crippen molar-refractivity contribution in [2.45, 2.75) is 50.2 Å². The summed E-state index contributed by atoms with van der Waals surface area (Å²) in [7, 11) is 0. The van der Waals surface area contributed by atoms with Crippen LogP contribution in [0.5, 0.6) is 0 Å². The molecule has 5 aliphatic rings. The summed E-state index contributed by atoms with van der Waals surface area (Å²) < 4.78 is 6.34. The highest BCUT2D eigenvalue weighted by Crippen LogP contribution is 2.53. The third kappa shape index (κ3) is 2.41. The normalized spacial score (nSPS) is 37.1. The average molecular weight is 357 g/mol. The van der Waals surface area contributed by atoms with Crippen molar-refractivity contribution in [1.29, 1.82) is 0 Å². The first-order valence-electron chi connectivity index (χ1n) is 9.30. The van der Waals surface area contributed by atoms with Gasteiger partial charge in [0.25, 0.3) is 5.91 Å². The maximum absolute atomic E-state index is 12.4. The van der Waals surface area contributed by atoms with Crippen molar-refractivity contribution in [1.82, 2.24) is 4.90 Å². The van der Waals surface area contributed by atoms with E-state index in [-0.39, 0.29) is 18.2 Å². The van der Waals surface area contributed by atoms with Crippen molar-refractivity contribution in [3.8, 4) is 0 Å². The van der Waals surface area contributed by atoms with Gasteiger partial charge >= 0.3 is 0 Å². The van der Waals surface area contributed by atoms with Gasteiger partial charge in [0.05, 0.1) is 6.10 Å². The topological polar surface area (TPSA) is 105 Å². The molecule has 2 aliphatic carbocycles. The van der Waals surface area contributed by atoms with Gasteiger partial charge in [-0.15, -0.1) is 0 Å². The lowest BCUT2D eigenvalue weighted by Gasteiger charge is -2.56. The first-order chi connectivity index (χ1) is 12.4. The molecule has 4 fully saturated rings. The fourth-order valence-corrected chi connectivity index (χ4v) is 5.57. The minimum absolute atomic E-state index is 0.296. The number of nitrogens with zero attached hydrogens (tertiary/aromatic N) is 1. The Morgan fingerprint density at radius 2 is 2.04 bits per heavy atom. The minimum atomic E-state index is -1.15. The number of hydrogen-bond donors (Lipinski definition) is 3. The number of ether oxygens (including phenoxy) is 1. The van der Waals surface area contributed by atoms with Gasteiger partial charge in [0.15, 0.2) is 6.23 Å². The van der Waals surface area contributed by atoms with E-state index in [1.54, 1.807) is 12.1 Å². The number of hydrogen-bond acceptors (Lipinski definition) is 5. The van der Waals surface area contributed by atoms with Crippen molar-refractivity contribution in [3.05, 3.63) is 29.3 Å². The number of carbonyl (C=O) groups is 2. The zero-order chi connectivity index (χ0) is 18.1. The van der Waals surface area contributed by atoms with E-state index in [2.05, 4.69) is 5.32 Å². The molecule has 3 unspecified atom stereocenters. The first kappa shape index (κ1) is 16.1. The Morgan fingerprint density at radius 1 is 1.31 bits per heavy atom. The molecule has 0 aromatic heterocycles. The largest absolute Gasteiger partial charge is 0.369 e. The molecule has 1 aromatic rings. The Balaban J connectivity index is 1.41. The number of anilines is 1. The number of amides is 2. The molecule has 0 radical (unpaired) electrons. The maximum Gasteiger partial charge on any atom is 0.257 e. The van der Waals surface area contributed by atoms with Crippen molar-refractivity contribution in [2.24, 2.45) is 17.6 Å². The number of fused-ring (bicyclic) bond motifs is 1. The molecule has 4 N–H and O–H groups in total. The number of nitrogens with one attached hydrogen (secondary N) is 1.